The average molecular weight is 467 g/mol. The van der Waals surface area contributed by atoms with Crippen LogP contribution in [0.4, 0.5) is 5.69 Å². The molecule has 1 aromatic heterocycles. The van der Waals surface area contributed by atoms with Gasteiger partial charge in [0.2, 0.25) is 5.91 Å². The Morgan fingerprint density at radius 3 is 2.45 bits per heavy atom. The van der Waals surface area contributed by atoms with Gasteiger partial charge in [0.05, 0.1) is 5.75 Å². The number of nitrogens with zero attached hydrogens (tertiary/aromatic N) is 3. The topological polar surface area (TPSA) is 69.0 Å². The highest BCUT2D eigenvalue weighted by Gasteiger charge is 2.19. The maximum absolute atomic E-state index is 12.7. The Morgan fingerprint density at radius 2 is 1.76 bits per heavy atom. The van der Waals surface area contributed by atoms with Gasteiger partial charge in [-0.2, -0.15) is 0 Å². The van der Waals surface area contributed by atoms with Crippen LogP contribution in [0.25, 0.3) is 0 Å². The third kappa shape index (κ3) is 7.35. The molecule has 0 saturated heterocycles. The highest BCUT2D eigenvalue weighted by atomic mass is 32.2. The number of para-hydroxylation sites is 2. The lowest BCUT2D eigenvalue weighted by molar-refractivity contribution is -0.113. The van der Waals surface area contributed by atoms with E-state index in [1.807, 2.05) is 48.5 Å². The summed E-state index contributed by atoms with van der Waals surface area (Å²) in [7, 11) is 0. The van der Waals surface area contributed by atoms with E-state index >= 15 is 0 Å². The van der Waals surface area contributed by atoms with Crippen molar-refractivity contribution < 1.29 is 9.53 Å². The first-order chi connectivity index (χ1) is 15.7. The quantitative estimate of drug-likeness (QED) is 0.375. The number of benzene rings is 2. The van der Waals surface area contributed by atoms with Crippen LogP contribution in [0.3, 0.4) is 0 Å². The Kier molecular flexibility index (Phi) is 8.55. The summed E-state index contributed by atoms with van der Waals surface area (Å²) in [5.41, 5.74) is 1.92. The summed E-state index contributed by atoms with van der Waals surface area (Å²) < 4.78 is 7.96. The summed E-state index contributed by atoms with van der Waals surface area (Å²) in [5.74, 6) is 2.31. The molecule has 1 N–H and O–H groups in total. The minimum Gasteiger partial charge on any atom is -0.486 e. The van der Waals surface area contributed by atoms with Gasteiger partial charge in [-0.15, -0.1) is 10.2 Å². The molecule has 176 valence electrons. The molecule has 1 heterocycles. The van der Waals surface area contributed by atoms with Crippen molar-refractivity contribution in [3.8, 4) is 5.75 Å². The van der Waals surface area contributed by atoms with Crippen LogP contribution in [0.15, 0.2) is 59.8 Å². The molecule has 0 spiro atoms. The molecule has 1 amide bonds. The van der Waals surface area contributed by atoms with E-state index in [2.05, 4.69) is 60.8 Å². The fraction of sp³-hybridized carbons (Fsp3) is 0.423. The number of aromatic nitrogens is 3. The van der Waals surface area contributed by atoms with E-state index < -0.39 is 0 Å². The normalized spacial score (nSPS) is 11.6. The van der Waals surface area contributed by atoms with Crippen LogP contribution in [0.2, 0.25) is 0 Å². The number of carbonyl (C=O) groups excluding carboxylic acids is 1. The highest BCUT2D eigenvalue weighted by molar-refractivity contribution is 7.99. The van der Waals surface area contributed by atoms with Crippen LogP contribution in [-0.2, 0) is 23.4 Å². The molecule has 2 aromatic carbocycles. The Morgan fingerprint density at radius 1 is 1.06 bits per heavy atom. The second kappa shape index (κ2) is 11.4. The number of nitrogens with one attached hydrogen (secondary N) is 1. The van der Waals surface area contributed by atoms with Gasteiger partial charge in [-0.25, -0.2) is 0 Å². The molecule has 0 saturated carbocycles. The third-order valence-corrected chi connectivity index (χ3v) is 6.14. The Hall–Kier alpha value is -2.80. The average Bonchev–Trinajstić information content (AvgIpc) is 3.17. The number of carbonyl (C=O) groups is 1. The maximum atomic E-state index is 12.7. The SMILES string of the molecule is CC(C)CCn1c(COc2ccccc2)nnc1SCC(=O)Nc1ccccc1C(C)(C)C. The second-order valence-electron chi connectivity index (χ2n) is 9.47. The third-order valence-electron chi connectivity index (χ3n) is 5.18. The zero-order chi connectivity index (χ0) is 23.8. The summed E-state index contributed by atoms with van der Waals surface area (Å²) in [5, 5.41) is 12.5. The number of thioether (sulfide) groups is 1. The summed E-state index contributed by atoms with van der Waals surface area (Å²) in [6.07, 6.45) is 0.995. The molecule has 7 heteroatoms. The number of anilines is 1. The Labute approximate surface area is 201 Å². The van der Waals surface area contributed by atoms with E-state index in [0.717, 1.165) is 40.9 Å². The van der Waals surface area contributed by atoms with Gasteiger partial charge < -0.3 is 14.6 Å². The number of hydrogen-bond donors (Lipinski definition) is 1. The van der Waals surface area contributed by atoms with Crippen LogP contribution in [0, 0.1) is 5.92 Å². The largest absolute Gasteiger partial charge is 0.486 e. The van der Waals surface area contributed by atoms with E-state index in [4.69, 9.17) is 4.74 Å². The highest BCUT2D eigenvalue weighted by Crippen LogP contribution is 2.29. The summed E-state index contributed by atoms with van der Waals surface area (Å²) >= 11 is 1.40. The van der Waals surface area contributed by atoms with Crippen molar-refractivity contribution in [3.05, 3.63) is 66.0 Å². The molecule has 0 radical (unpaired) electrons. The predicted molar refractivity (Wildman–Crippen MR) is 135 cm³/mol. The molecule has 0 atom stereocenters. The Balaban J connectivity index is 1.67. The lowest BCUT2D eigenvalue weighted by Gasteiger charge is -2.23. The minimum absolute atomic E-state index is 0.0539. The van der Waals surface area contributed by atoms with Gasteiger partial charge in [-0.05, 0) is 41.5 Å². The van der Waals surface area contributed by atoms with E-state index in [9.17, 15) is 4.79 Å². The lowest BCUT2D eigenvalue weighted by Crippen LogP contribution is -2.20. The van der Waals surface area contributed by atoms with Gasteiger partial charge in [0.1, 0.15) is 12.4 Å². The fourth-order valence-electron chi connectivity index (χ4n) is 3.37. The summed E-state index contributed by atoms with van der Waals surface area (Å²) in [6, 6.07) is 17.6. The number of hydrogen-bond acceptors (Lipinski definition) is 5. The van der Waals surface area contributed by atoms with E-state index in [1.54, 1.807) is 0 Å². The van der Waals surface area contributed by atoms with Gasteiger partial charge in [-0.1, -0.05) is 82.8 Å². The Bertz CT molecular complexity index is 1040. The maximum Gasteiger partial charge on any atom is 0.234 e. The van der Waals surface area contributed by atoms with Crippen molar-refractivity contribution in [1.29, 1.82) is 0 Å². The van der Waals surface area contributed by atoms with E-state index in [1.165, 1.54) is 11.8 Å². The lowest BCUT2D eigenvalue weighted by atomic mass is 9.86. The van der Waals surface area contributed by atoms with Crippen LogP contribution < -0.4 is 10.1 Å². The molecule has 3 aromatic rings. The van der Waals surface area contributed by atoms with Crippen molar-refractivity contribution in [1.82, 2.24) is 14.8 Å². The van der Waals surface area contributed by atoms with Crippen LogP contribution in [0.1, 0.15) is 52.4 Å². The summed E-state index contributed by atoms with van der Waals surface area (Å²) in [4.78, 5) is 12.7. The molecule has 0 aliphatic rings. The zero-order valence-electron chi connectivity index (χ0n) is 20.2. The van der Waals surface area contributed by atoms with Crippen molar-refractivity contribution >= 4 is 23.4 Å². The van der Waals surface area contributed by atoms with Gasteiger partial charge >= 0.3 is 0 Å². The van der Waals surface area contributed by atoms with Crippen molar-refractivity contribution in [3.63, 3.8) is 0 Å². The molecule has 0 unspecified atom stereocenters. The van der Waals surface area contributed by atoms with Gasteiger partial charge in [0.25, 0.3) is 0 Å². The van der Waals surface area contributed by atoms with Crippen LogP contribution in [0.5, 0.6) is 5.75 Å². The second-order valence-corrected chi connectivity index (χ2v) is 10.4. The first-order valence-corrected chi connectivity index (χ1v) is 12.3. The fourth-order valence-corrected chi connectivity index (χ4v) is 4.15. The first kappa shape index (κ1) is 24.8. The minimum atomic E-state index is -0.0582. The van der Waals surface area contributed by atoms with Gasteiger partial charge in [0, 0.05) is 12.2 Å². The molecular formula is C26H34N4O2S. The predicted octanol–water partition coefficient (Wildman–Crippen LogP) is 5.93. The molecular weight excluding hydrogens is 432 g/mol. The van der Waals surface area contributed by atoms with E-state index in [0.29, 0.717) is 12.5 Å². The zero-order valence-corrected chi connectivity index (χ0v) is 21.0. The smallest absolute Gasteiger partial charge is 0.234 e. The molecule has 3 rings (SSSR count). The van der Waals surface area contributed by atoms with Gasteiger partial charge in [-0.3, -0.25) is 4.79 Å². The number of rotatable bonds is 10. The molecule has 0 aliphatic heterocycles. The first-order valence-electron chi connectivity index (χ1n) is 11.4. The van der Waals surface area contributed by atoms with E-state index in [-0.39, 0.29) is 17.1 Å². The van der Waals surface area contributed by atoms with Gasteiger partial charge in [0.15, 0.2) is 11.0 Å². The molecule has 6 nitrogen and oxygen atoms in total. The van der Waals surface area contributed by atoms with Crippen molar-refractivity contribution in [2.45, 2.75) is 64.8 Å². The summed E-state index contributed by atoms with van der Waals surface area (Å²) in [6.45, 7) is 11.9. The number of amides is 1. The monoisotopic (exact) mass is 466 g/mol. The van der Waals surface area contributed by atoms with Crippen molar-refractivity contribution in [2.24, 2.45) is 5.92 Å². The molecule has 0 fully saturated rings. The van der Waals surface area contributed by atoms with Crippen LogP contribution in [-0.4, -0.2) is 26.4 Å². The van der Waals surface area contributed by atoms with Crippen molar-refractivity contribution in [2.75, 3.05) is 11.1 Å². The number of ether oxygens (including phenoxy) is 1. The molecule has 0 aliphatic carbocycles. The molecule has 33 heavy (non-hydrogen) atoms. The van der Waals surface area contributed by atoms with Crippen LogP contribution >= 0.6 is 11.8 Å². The molecule has 0 bridgehead atoms. The standard InChI is InChI=1S/C26H34N4O2S/c1-19(2)15-16-30-23(17-32-20-11-7-6-8-12-20)28-29-25(30)33-18-24(31)27-22-14-10-9-13-21(22)26(3,4)5/h6-14,19H,15-18H2,1-5H3,(H,27,31).